The number of amides is 1. The van der Waals surface area contributed by atoms with E-state index in [0.29, 0.717) is 31.4 Å². The number of nitrogens with zero attached hydrogens (tertiary/aromatic N) is 3. The third-order valence-electron chi connectivity index (χ3n) is 4.29. The standard InChI is InChI=1S/C17H24N4O2/c22-16(18-8-6-14-4-2-1-3-5-14)15-7-9-19-17(20-15)21-10-12-23-13-11-21/h4,7,9H,1-3,5-6,8,10-13H2,(H,18,22). The Morgan fingerprint density at radius 3 is 2.96 bits per heavy atom. The Bertz CT molecular complexity index is 567. The van der Waals surface area contributed by atoms with Gasteiger partial charge in [-0.05, 0) is 38.2 Å². The zero-order valence-electron chi connectivity index (χ0n) is 13.5. The van der Waals surface area contributed by atoms with Crippen LogP contribution in [0, 0.1) is 0 Å². The molecule has 3 rings (SSSR count). The molecule has 6 heteroatoms. The lowest BCUT2D eigenvalue weighted by Gasteiger charge is -2.26. The first-order chi connectivity index (χ1) is 11.3. The zero-order chi connectivity index (χ0) is 15.9. The van der Waals surface area contributed by atoms with E-state index in [4.69, 9.17) is 4.74 Å². The van der Waals surface area contributed by atoms with E-state index in [-0.39, 0.29) is 5.91 Å². The molecule has 0 aromatic carbocycles. The number of nitrogens with one attached hydrogen (secondary N) is 1. The van der Waals surface area contributed by atoms with Crippen LogP contribution in [-0.2, 0) is 4.74 Å². The summed E-state index contributed by atoms with van der Waals surface area (Å²) < 4.78 is 5.33. The smallest absolute Gasteiger partial charge is 0.270 e. The molecule has 0 unspecified atom stereocenters. The Kier molecular flexibility index (Phi) is 5.58. The molecule has 1 amide bonds. The molecule has 0 radical (unpaired) electrons. The molecule has 1 fully saturated rings. The van der Waals surface area contributed by atoms with Crippen LogP contribution in [-0.4, -0.2) is 48.7 Å². The molecule has 124 valence electrons. The molecule has 0 bridgehead atoms. The Hall–Kier alpha value is -1.95. The molecule has 1 N–H and O–H groups in total. The summed E-state index contributed by atoms with van der Waals surface area (Å²) in [7, 11) is 0. The summed E-state index contributed by atoms with van der Waals surface area (Å²) in [6, 6.07) is 1.67. The lowest BCUT2D eigenvalue weighted by atomic mass is 9.97. The van der Waals surface area contributed by atoms with Gasteiger partial charge in [-0.2, -0.15) is 0 Å². The topological polar surface area (TPSA) is 67.4 Å². The number of rotatable bonds is 5. The fraction of sp³-hybridized carbons (Fsp3) is 0.588. The minimum atomic E-state index is -0.127. The monoisotopic (exact) mass is 316 g/mol. The van der Waals surface area contributed by atoms with Crippen LogP contribution >= 0.6 is 0 Å². The maximum Gasteiger partial charge on any atom is 0.270 e. The maximum absolute atomic E-state index is 12.3. The van der Waals surface area contributed by atoms with Crippen LogP contribution in [0.4, 0.5) is 5.95 Å². The summed E-state index contributed by atoms with van der Waals surface area (Å²) in [5, 5.41) is 2.96. The van der Waals surface area contributed by atoms with Gasteiger partial charge >= 0.3 is 0 Å². The maximum atomic E-state index is 12.3. The van der Waals surface area contributed by atoms with Crippen molar-refractivity contribution in [3.8, 4) is 0 Å². The lowest BCUT2D eigenvalue weighted by molar-refractivity contribution is 0.0948. The summed E-state index contributed by atoms with van der Waals surface area (Å²) >= 11 is 0. The minimum absolute atomic E-state index is 0.127. The number of carbonyl (C=O) groups excluding carboxylic acids is 1. The highest BCUT2D eigenvalue weighted by Crippen LogP contribution is 2.19. The average molecular weight is 316 g/mol. The van der Waals surface area contributed by atoms with Gasteiger partial charge < -0.3 is 15.0 Å². The van der Waals surface area contributed by atoms with E-state index in [1.807, 2.05) is 4.90 Å². The van der Waals surface area contributed by atoms with Gasteiger partial charge in [0.05, 0.1) is 13.2 Å². The van der Waals surface area contributed by atoms with Crippen LogP contribution < -0.4 is 10.2 Å². The minimum Gasteiger partial charge on any atom is -0.378 e. The normalized spacial score (nSPS) is 18.4. The first-order valence-electron chi connectivity index (χ1n) is 8.45. The van der Waals surface area contributed by atoms with Crippen molar-refractivity contribution in [2.24, 2.45) is 0 Å². The highest BCUT2D eigenvalue weighted by molar-refractivity contribution is 5.92. The van der Waals surface area contributed by atoms with Crippen molar-refractivity contribution in [2.75, 3.05) is 37.7 Å². The first-order valence-corrected chi connectivity index (χ1v) is 8.45. The van der Waals surface area contributed by atoms with E-state index in [9.17, 15) is 4.79 Å². The number of anilines is 1. The number of morpholine rings is 1. The van der Waals surface area contributed by atoms with Crippen molar-refractivity contribution < 1.29 is 9.53 Å². The molecule has 6 nitrogen and oxygen atoms in total. The van der Waals surface area contributed by atoms with Crippen LogP contribution in [0.5, 0.6) is 0 Å². The van der Waals surface area contributed by atoms with Gasteiger partial charge in [-0.1, -0.05) is 11.6 Å². The Balaban J connectivity index is 1.53. The molecule has 1 aliphatic carbocycles. The first kappa shape index (κ1) is 15.9. The van der Waals surface area contributed by atoms with E-state index in [2.05, 4.69) is 21.4 Å². The quantitative estimate of drug-likeness (QED) is 0.841. The zero-order valence-corrected chi connectivity index (χ0v) is 13.5. The van der Waals surface area contributed by atoms with Gasteiger partial charge in [0, 0.05) is 25.8 Å². The second-order valence-corrected chi connectivity index (χ2v) is 5.96. The number of hydrogen-bond donors (Lipinski definition) is 1. The molecule has 2 heterocycles. The van der Waals surface area contributed by atoms with Gasteiger partial charge in [-0.3, -0.25) is 4.79 Å². The van der Waals surface area contributed by atoms with Gasteiger partial charge in [0.25, 0.3) is 5.91 Å². The fourth-order valence-corrected chi connectivity index (χ4v) is 2.95. The number of allylic oxidation sites excluding steroid dienone is 1. The summed E-state index contributed by atoms with van der Waals surface area (Å²) in [4.78, 5) is 23.0. The molecule has 1 aliphatic heterocycles. The van der Waals surface area contributed by atoms with Crippen molar-refractivity contribution in [2.45, 2.75) is 32.1 Å². The Morgan fingerprint density at radius 2 is 2.17 bits per heavy atom. The number of aromatic nitrogens is 2. The van der Waals surface area contributed by atoms with Gasteiger partial charge in [0.15, 0.2) is 0 Å². The predicted octanol–water partition coefficient (Wildman–Crippen LogP) is 1.93. The largest absolute Gasteiger partial charge is 0.378 e. The average Bonchev–Trinajstić information content (AvgIpc) is 2.63. The number of hydrogen-bond acceptors (Lipinski definition) is 5. The van der Waals surface area contributed by atoms with E-state index >= 15 is 0 Å². The predicted molar refractivity (Wildman–Crippen MR) is 88.6 cm³/mol. The van der Waals surface area contributed by atoms with Gasteiger partial charge in [-0.15, -0.1) is 0 Å². The highest BCUT2D eigenvalue weighted by Gasteiger charge is 2.16. The molecule has 23 heavy (non-hydrogen) atoms. The van der Waals surface area contributed by atoms with Gasteiger partial charge in [0.2, 0.25) is 5.95 Å². The molecule has 1 aromatic rings. The van der Waals surface area contributed by atoms with Crippen LogP contribution in [0.15, 0.2) is 23.9 Å². The summed E-state index contributed by atoms with van der Waals surface area (Å²) in [6.07, 6.45) is 9.82. The summed E-state index contributed by atoms with van der Waals surface area (Å²) in [5.74, 6) is 0.481. The number of ether oxygens (including phenoxy) is 1. The SMILES string of the molecule is O=C(NCCC1=CCCCC1)c1ccnc(N2CCOCC2)n1. The summed E-state index contributed by atoms with van der Waals surface area (Å²) in [6.45, 7) is 3.55. The van der Waals surface area contributed by atoms with Crippen LogP contribution in [0.2, 0.25) is 0 Å². The van der Waals surface area contributed by atoms with Gasteiger partial charge in [-0.25, -0.2) is 9.97 Å². The van der Waals surface area contributed by atoms with Crippen molar-refractivity contribution >= 4 is 11.9 Å². The molecule has 0 saturated carbocycles. The Labute approximate surface area is 136 Å². The molecule has 0 spiro atoms. The van der Waals surface area contributed by atoms with E-state index in [0.717, 1.165) is 19.5 Å². The molecule has 2 aliphatic rings. The summed E-state index contributed by atoms with van der Waals surface area (Å²) in [5.41, 5.74) is 1.90. The van der Waals surface area contributed by atoms with Crippen LogP contribution in [0.1, 0.15) is 42.6 Å². The van der Waals surface area contributed by atoms with E-state index < -0.39 is 0 Å². The molecular weight excluding hydrogens is 292 g/mol. The highest BCUT2D eigenvalue weighted by atomic mass is 16.5. The van der Waals surface area contributed by atoms with E-state index in [1.165, 1.54) is 31.3 Å². The molecule has 1 aromatic heterocycles. The molecule has 0 atom stereocenters. The van der Waals surface area contributed by atoms with Crippen LogP contribution in [0.3, 0.4) is 0 Å². The third-order valence-corrected chi connectivity index (χ3v) is 4.29. The van der Waals surface area contributed by atoms with Gasteiger partial charge in [0.1, 0.15) is 5.69 Å². The molecular formula is C17H24N4O2. The third kappa shape index (κ3) is 4.51. The lowest BCUT2D eigenvalue weighted by Crippen LogP contribution is -2.37. The molecule has 1 saturated heterocycles. The second kappa shape index (κ2) is 8.06. The second-order valence-electron chi connectivity index (χ2n) is 5.96. The van der Waals surface area contributed by atoms with E-state index in [1.54, 1.807) is 12.3 Å². The fourth-order valence-electron chi connectivity index (χ4n) is 2.95. The van der Waals surface area contributed by atoms with Crippen molar-refractivity contribution in [1.29, 1.82) is 0 Å². The van der Waals surface area contributed by atoms with Crippen LogP contribution in [0.25, 0.3) is 0 Å². The van der Waals surface area contributed by atoms with Crippen molar-refractivity contribution in [3.63, 3.8) is 0 Å². The van der Waals surface area contributed by atoms with Crippen molar-refractivity contribution in [1.82, 2.24) is 15.3 Å². The number of carbonyl (C=O) groups is 1. The Morgan fingerprint density at radius 1 is 1.30 bits per heavy atom. The van der Waals surface area contributed by atoms with Crippen molar-refractivity contribution in [3.05, 3.63) is 29.6 Å².